The molecule has 0 aliphatic carbocycles. The van der Waals surface area contributed by atoms with Crippen LogP contribution in [0.25, 0.3) is 10.9 Å². The van der Waals surface area contributed by atoms with E-state index < -0.39 is 35.7 Å². The fraction of sp³-hybridized carbons (Fsp3) is 0.500. The average Bonchev–Trinajstić information content (AvgIpc) is 3.17. The molecular weight excluding hydrogens is 493 g/mol. The van der Waals surface area contributed by atoms with Gasteiger partial charge in [-0.2, -0.15) is 0 Å². The number of rotatable bonds is 8. The molecule has 0 spiro atoms. The van der Waals surface area contributed by atoms with Crippen molar-refractivity contribution in [2.45, 2.75) is 58.5 Å². The van der Waals surface area contributed by atoms with Gasteiger partial charge in [-0.3, -0.25) is 19.2 Å². The minimum atomic E-state index is -1.04. The number of primary amides is 1. The largest absolute Gasteiger partial charge is 0.368 e. The smallest absolute Gasteiger partial charge is 0.268 e. The molecule has 1 aliphatic rings. The molecule has 1 fully saturated rings. The third-order valence-corrected chi connectivity index (χ3v) is 6.45. The maximum Gasteiger partial charge on any atom is 0.268 e. The van der Waals surface area contributed by atoms with E-state index >= 15 is 0 Å². The summed E-state index contributed by atoms with van der Waals surface area (Å²) in [7, 11) is 0. The molecule has 3 atom stereocenters. The van der Waals surface area contributed by atoms with Crippen LogP contribution in [0.1, 0.15) is 56.9 Å². The molecule has 3 rings (SSSR count). The zero-order valence-electron chi connectivity index (χ0n) is 20.0. The van der Waals surface area contributed by atoms with Crippen LogP contribution in [0.2, 0.25) is 10.0 Å². The lowest BCUT2D eigenvalue weighted by molar-refractivity contribution is -0.131. The van der Waals surface area contributed by atoms with Gasteiger partial charge in [0.1, 0.15) is 17.8 Å². The molecule has 1 aromatic carbocycles. The summed E-state index contributed by atoms with van der Waals surface area (Å²) >= 11 is 12.3. The molecule has 1 aliphatic heterocycles. The molecule has 1 aromatic heterocycles. The number of amides is 4. The van der Waals surface area contributed by atoms with E-state index in [1.165, 1.54) is 0 Å². The van der Waals surface area contributed by atoms with Gasteiger partial charge in [-0.25, -0.2) is 0 Å². The number of nitrogens with two attached hydrogens (primary N) is 1. The van der Waals surface area contributed by atoms with Gasteiger partial charge in [-0.15, -0.1) is 0 Å². The van der Waals surface area contributed by atoms with Crippen LogP contribution in [0.4, 0.5) is 0 Å². The van der Waals surface area contributed by atoms with Crippen LogP contribution in [0.5, 0.6) is 0 Å². The van der Waals surface area contributed by atoms with Crippen LogP contribution >= 0.6 is 23.2 Å². The van der Waals surface area contributed by atoms with E-state index in [0.717, 1.165) is 6.42 Å². The lowest BCUT2D eigenvalue weighted by Crippen LogP contribution is -2.55. The second-order valence-electron chi connectivity index (χ2n) is 10.2. The van der Waals surface area contributed by atoms with Gasteiger partial charge in [0.2, 0.25) is 17.7 Å². The van der Waals surface area contributed by atoms with Crippen molar-refractivity contribution in [1.29, 1.82) is 0 Å². The molecule has 190 valence electrons. The van der Waals surface area contributed by atoms with E-state index in [4.69, 9.17) is 28.9 Å². The highest BCUT2D eigenvalue weighted by Crippen LogP contribution is 2.29. The zero-order chi connectivity index (χ0) is 25.9. The average molecular weight is 524 g/mol. The fourth-order valence-electron chi connectivity index (χ4n) is 4.20. The molecule has 2 aromatic rings. The minimum absolute atomic E-state index is 0.102. The summed E-state index contributed by atoms with van der Waals surface area (Å²) in [6.07, 6.45) is 1.80. The summed E-state index contributed by atoms with van der Waals surface area (Å²) in [6.45, 7) is 6.39. The molecule has 2 heterocycles. The first-order chi connectivity index (χ1) is 16.3. The Hall–Kier alpha value is -2.78. The Kier molecular flexibility index (Phi) is 8.33. The summed E-state index contributed by atoms with van der Waals surface area (Å²) in [5, 5.41) is 9.60. The summed E-state index contributed by atoms with van der Waals surface area (Å²) in [6, 6.07) is 2.83. The number of hydrogen-bond donors (Lipinski definition) is 5. The van der Waals surface area contributed by atoms with E-state index in [-0.39, 0.29) is 23.4 Å². The maximum atomic E-state index is 13.2. The van der Waals surface area contributed by atoms with E-state index in [1.807, 2.05) is 20.8 Å². The fourth-order valence-corrected chi connectivity index (χ4v) is 4.75. The number of carbonyl (C=O) groups excluding carboxylic acids is 4. The number of nitrogens with one attached hydrogen (secondary N) is 4. The Balaban J connectivity index is 1.77. The molecule has 0 radical (unpaired) electrons. The van der Waals surface area contributed by atoms with Crippen LogP contribution in [0, 0.1) is 11.3 Å². The summed E-state index contributed by atoms with van der Waals surface area (Å²) in [4.78, 5) is 53.4. The topological polar surface area (TPSA) is 146 Å². The number of aromatic amines is 1. The number of piperidine rings is 1. The van der Waals surface area contributed by atoms with Crippen molar-refractivity contribution in [3.05, 3.63) is 33.9 Å². The Morgan fingerprint density at radius 3 is 2.49 bits per heavy atom. The summed E-state index contributed by atoms with van der Waals surface area (Å²) in [5.41, 5.74) is 6.01. The van der Waals surface area contributed by atoms with Gasteiger partial charge in [0.25, 0.3) is 5.91 Å². The SMILES string of the molecule is CC(C)(C)CC(NC(=O)c1cc2c(Cl)cc(Cl)cc2[nH]1)C(=O)NC(CC1CCCNC1=O)C(N)=O. The second-order valence-corrected chi connectivity index (χ2v) is 11.0. The first-order valence-electron chi connectivity index (χ1n) is 11.5. The maximum absolute atomic E-state index is 13.2. The Morgan fingerprint density at radius 2 is 1.86 bits per heavy atom. The molecule has 0 saturated carbocycles. The quantitative estimate of drug-likeness (QED) is 0.361. The molecule has 35 heavy (non-hydrogen) atoms. The molecular formula is C24H31Cl2N5O4. The number of H-pyrrole nitrogens is 1. The van der Waals surface area contributed by atoms with Gasteiger partial charge in [-0.05, 0) is 49.3 Å². The molecule has 9 nitrogen and oxygen atoms in total. The predicted octanol–water partition coefficient (Wildman–Crippen LogP) is 2.90. The Bertz CT molecular complexity index is 1140. The van der Waals surface area contributed by atoms with E-state index in [9.17, 15) is 19.2 Å². The third kappa shape index (κ3) is 7.11. The van der Waals surface area contributed by atoms with Crippen molar-refractivity contribution < 1.29 is 19.2 Å². The number of benzene rings is 1. The normalized spacial score (nSPS) is 18.0. The zero-order valence-corrected chi connectivity index (χ0v) is 21.5. The van der Waals surface area contributed by atoms with Gasteiger partial charge in [0.15, 0.2) is 0 Å². The standard InChI is InChI=1S/C24H31Cl2N5O4/c1-24(2,3)11-19(23(35)30-17(20(27)32)7-12-5-4-6-28-21(12)33)31-22(34)18-10-14-15(26)8-13(25)9-16(14)29-18/h8-10,12,17,19,29H,4-7,11H2,1-3H3,(H2,27,32)(H,28,33)(H,30,35)(H,31,34). The van der Waals surface area contributed by atoms with Crippen molar-refractivity contribution in [3.8, 4) is 0 Å². The number of fused-ring (bicyclic) bond motifs is 1. The van der Waals surface area contributed by atoms with Gasteiger partial charge in [0, 0.05) is 28.4 Å². The lowest BCUT2D eigenvalue weighted by atomic mass is 9.87. The minimum Gasteiger partial charge on any atom is -0.368 e. The molecule has 4 amide bonds. The number of aromatic nitrogens is 1. The molecule has 1 saturated heterocycles. The second kappa shape index (κ2) is 10.9. The van der Waals surface area contributed by atoms with Crippen LogP contribution < -0.4 is 21.7 Å². The summed E-state index contributed by atoms with van der Waals surface area (Å²) in [5.74, 6) is -2.38. The highest BCUT2D eigenvalue weighted by Gasteiger charge is 2.33. The third-order valence-electron chi connectivity index (χ3n) is 5.91. The Labute approximate surface area is 213 Å². The Morgan fingerprint density at radius 1 is 1.14 bits per heavy atom. The van der Waals surface area contributed by atoms with Gasteiger partial charge < -0.3 is 26.7 Å². The number of hydrogen-bond acceptors (Lipinski definition) is 4. The molecule has 6 N–H and O–H groups in total. The predicted molar refractivity (Wildman–Crippen MR) is 135 cm³/mol. The molecule has 11 heteroatoms. The van der Waals surface area contributed by atoms with Crippen molar-refractivity contribution in [3.63, 3.8) is 0 Å². The van der Waals surface area contributed by atoms with E-state index in [1.54, 1.807) is 18.2 Å². The van der Waals surface area contributed by atoms with Crippen LogP contribution in [0.15, 0.2) is 18.2 Å². The highest BCUT2D eigenvalue weighted by molar-refractivity contribution is 6.38. The van der Waals surface area contributed by atoms with Crippen molar-refractivity contribution in [1.82, 2.24) is 20.9 Å². The highest BCUT2D eigenvalue weighted by atomic mass is 35.5. The van der Waals surface area contributed by atoms with E-state index in [0.29, 0.717) is 40.3 Å². The van der Waals surface area contributed by atoms with Crippen molar-refractivity contribution >= 4 is 57.7 Å². The lowest BCUT2D eigenvalue weighted by Gasteiger charge is -2.29. The number of halogens is 2. The summed E-state index contributed by atoms with van der Waals surface area (Å²) < 4.78 is 0. The van der Waals surface area contributed by atoms with E-state index in [2.05, 4.69) is 20.9 Å². The first-order valence-corrected chi connectivity index (χ1v) is 12.3. The monoisotopic (exact) mass is 523 g/mol. The first kappa shape index (κ1) is 26.8. The van der Waals surface area contributed by atoms with Crippen LogP contribution in [-0.4, -0.2) is 47.2 Å². The van der Waals surface area contributed by atoms with Gasteiger partial charge in [-0.1, -0.05) is 44.0 Å². The van der Waals surface area contributed by atoms with Crippen LogP contribution in [-0.2, 0) is 14.4 Å². The molecule has 3 unspecified atom stereocenters. The molecule has 0 bridgehead atoms. The number of carbonyl (C=O) groups is 4. The van der Waals surface area contributed by atoms with Gasteiger partial charge >= 0.3 is 0 Å². The van der Waals surface area contributed by atoms with Crippen LogP contribution in [0.3, 0.4) is 0 Å². The van der Waals surface area contributed by atoms with Gasteiger partial charge in [0.05, 0.1) is 5.02 Å². The van der Waals surface area contributed by atoms with Crippen molar-refractivity contribution in [2.75, 3.05) is 6.54 Å². The van der Waals surface area contributed by atoms with Crippen molar-refractivity contribution in [2.24, 2.45) is 17.1 Å².